The molecule has 78 valence electrons. The van der Waals surface area contributed by atoms with Gasteiger partial charge in [0.15, 0.2) is 5.96 Å². The zero-order valence-corrected chi connectivity index (χ0v) is 8.90. The van der Waals surface area contributed by atoms with Crippen LogP contribution in [0.5, 0.6) is 0 Å². The SMILES string of the molecule is Cc1ccc(C2CN=C3NCCN32)cc1. The van der Waals surface area contributed by atoms with Crippen LogP contribution >= 0.6 is 0 Å². The standard InChI is InChI=1S/C12H15N3/c1-9-2-4-10(5-3-9)11-8-14-12-13-6-7-15(11)12/h2-5,11H,6-8H2,1H3,(H,13,14). The predicted octanol–water partition coefficient (Wildman–Crippen LogP) is 1.31. The molecule has 1 aromatic rings. The van der Waals surface area contributed by atoms with Crippen LogP contribution in [0, 0.1) is 6.92 Å². The van der Waals surface area contributed by atoms with E-state index >= 15 is 0 Å². The van der Waals surface area contributed by atoms with E-state index in [0.29, 0.717) is 6.04 Å². The van der Waals surface area contributed by atoms with Crippen LogP contribution in [0.4, 0.5) is 0 Å². The maximum atomic E-state index is 4.51. The number of aliphatic imine (C=N–C) groups is 1. The summed E-state index contributed by atoms with van der Waals surface area (Å²) in [5, 5.41) is 3.31. The van der Waals surface area contributed by atoms with Crippen LogP contribution in [0.3, 0.4) is 0 Å². The van der Waals surface area contributed by atoms with Crippen LogP contribution in [-0.4, -0.2) is 30.5 Å². The summed E-state index contributed by atoms with van der Waals surface area (Å²) in [6.07, 6.45) is 0. The number of nitrogens with zero attached hydrogens (tertiary/aromatic N) is 2. The van der Waals surface area contributed by atoms with Crippen LogP contribution in [-0.2, 0) is 0 Å². The van der Waals surface area contributed by atoms with Gasteiger partial charge in [-0.15, -0.1) is 0 Å². The first-order valence-corrected chi connectivity index (χ1v) is 5.46. The monoisotopic (exact) mass is 201 g/mol. The van der Waals surface area contributed by atoms with E-state index in [1.807, 2.05) is 0 Å². The molecular weight excluding hydrogens is 186 g/mol. The second-order valence-corrected chi connectivity index (χ2v) is 4.21. The Bertz CT molecular complexity index is 394. The van der Waals surface area contributed by atoms with Gasteiger partial charge in [0.25, 0.3) is 0 Å². The van der Waals surface area contributed by atoms with E-state index in [1.165, 1.54) is 11.1 Å². The molecule has 3 heteroatoms. The summed E-state index contributed by atoms with van der Waals surface area (Å²) in [6.45, 7) is 5.13. The summed E-state index contributed by atoms with van der Waals surface area (Å²) in [5.74, 6) is 1.08. The van der Waals surface area contributed by atoms with Gasteiger partial charge in [-0.25, -0.2) is 0 Å². The van der Waals surface area contributed by atoms with Gasteiger partial charge in [0.2, 0.25) is 0 Å². The number of aryl methyl sites for hydroxylation is 1. The lowest BCUT2D eigenvalue weighted by Crippen LogP contribution is -2.28. The molecule has 2 heterocycles. The van der Waals surface area contributed by atoms with Gasteiger partial charge in [0, 0.05) is 13.1 Å². The summed E-state index contributed by atoms with van der Waals surface area (Å²) < 4.78 is 0. The summed E-state index contributed by atoms with van der Waals surface area (Å²) in [4.78, 5) is 6.88. The number of rotatable bonds is 1. The number of hydrogen-bond donors (Lipinski definition) is 1. The van der Waals surface area contributed by atoms with E-state index in [0.717, 1.165) is 25.6 Å². The van der Waals surface area contributed by atoms with Crippen LogP contribution in [0.15, 0.2) is 29.3 Å². The Morgan fingerprint density at radius 2 is 2.13 bits per heavy atom. The average molecular weight is 201 g/mol. The van der Waals surface area contributed by atoms with Gasteiger partial charge >= 0.3 is 0 Å². The molecule has 0 saturated carbocycles. The Balaban J connectivity index is 1.87. The summed E-state index contributed by atoms with van der Waals surface area (Å²) in [7, 11) is 0. The fourth-order valence-electron chi connectivity index (χ4n) is 2.29. The van der Waals surface area contributed by atoms with Crippen molar-refractivity contribution in [3.8, 4) is 0 Å². The van der Waals surface area contributed by atoms with Gasteiger partial charge in [-0.05, 0) is 12.5 Å². The zero-order valence-electron chi connectivity index (χ0n) is 8.90. The highest BCUT2D eigenvalue weighted by Gasteiger charge is 2.31. The van der Waals surface area contributed by atoms with Crippen LogP contribution < -0.4 is 5.32 Å². The molecule has 0 radical (unpaired) electrons. The molecule has 0 aromatic heterocycles. The maximum Gasteiger partial charge on any atom is 0.194 e. The smallest absolute Gasteiger partial charge is 0.194 e. The molecule has 15 heavy (non-hydrogen) atoms. The van der Waals surface area contributed by atoms with Gasteiger partial charge in [-0.2, -0.15) is 0 Å². The third-order valence-electron chi connectivity index (χ3n) is 3.16. The van der Waals surface area contributed by atoms with Crippen molar-refractivity contribution in [3.05, 3.63) is 35.4 Å². The molecule has 2 aliphatic heterocycles. The molecule has 3 rings (SSSR count). The Labute approximate surface area is 89.8 Å². The molecule has 1 unspecified atom stereocenters. The summed E-state index contributed by atoms with van der Waals surface area (Å²) >= 11 is 0. The quantitative estimate of drug-likeness (QED) is 0.742. The first-order valence-electron chi connectivity index (χ1n) is 5.46. The third kappa shape index (κ3) is 1.39. The third-order valence-corrected chi connectivity index (χ3v) is 3.16. The number of fused-ring (bicyclic) bond motifs is 1. The maximum absolute atomic E-state index is 4.51. The van der Waals surface area contributed by atoms with Gasteiger partial charge in [0.1, 0.15) is 0 Å². The van der Waals surface area contributed by atoms with E-state index in [-0.39, 0.29) is 0 Å². The second kappa shape index (κ2) is 3.26. The molecule has 2 aliphatic rings. The molecular formula is C12H15N3. The number of nitrogens with one attached hydrogen (secondary N) is 1. The van der Waals surface area contributed by atoms with Crippen LogP contribution in [0.25, 0.3) is 0 Å². The molecule has 0 amide bonds. The second-order valence-electron chi connectivity index (χ2n) is 4.21. The fraction of sp³-hybridized carbons (Fsp3) is 0.417. The Morgan fingerprint density at radius 3 is 2.93 bits per heavy atom. The normalized spacial score (nSPS) is 23.7. The van der Waals surface area contributed by atoms with Gasteiger partial charge in [0.05, 0.1) is 12.6 Å². The Hall–Kier alpha value is -1.51. The van der Waals surface area contributed by atoms with E-state index in [9.17, 15) is 0 Å². The first-order chi connectivity index (χ1) is 7.34. The number of hydrogen-bond acceptors (Lipinski definition) is 3. The van der Waals surface area contributed by atoms with Crippen molar-refractivity contribution in [2.45, 2.75) is 13.0 Å². The lowest BCUT2D eigenvalue weighted by molar-refractivity contribution is 0.381. The molecule has 3 nitrogen and oxygen atoms in total. The average Bonchev–Trinajstić information content (AvgIpc) is 2.80. The minimum atomic E-state index is 0.454. The number of benzene rings is 1. The first kappa shape index (κ1) is 8.77. The highest BCUT2D eigenvalue weighted by molar-refractivity contribution is 5.84. The molecule has 0 spiro atoms. The highest BCUT2D eigenvalue weighted by atomic mass is 15.4. The molecule has 1 fully saturated rings. The van der Waals surface area contributed by atoms with Gasteiger partial charge in [-0.1, -0.05) is 29.8 Å². The summed E-state index contributed by atoms with van der Waals surface area (Å²) in [6, 6.07) is 9.25. The molecule has 0 aliphatic carbocycles. The van der Waals surface area contributed by atoms with E-state index < -0.39 is 0 Å². The van der Waals surface area contributed by atoms with Crippen molar-refractivity contribution >= 4 is 5.96 Å². The molecule has 1 N–H and O–H groups in total. The predicted molar refractivity (Wildman–Crippen MR) is 60.9 cm³/mol. The molecule has 0 bridgehead atoms. The fourth-order valence-corrected chi connectivity index (χ4v) is 2.29. The van der Waals surface area contributed by atoms with Crippen molar-refractivity contribution in [1.29, 1.82) is 0 Å². The van der Waals surface area contributed by atoms with Crippen LogP contribution in [0.1, 0.15) is 17.2 Å². The molecule has 1 aromatic carbocycles. The summed E-state index contributed by atoms with van der Waals surface area (Å²) in [5.41, 5.74) is 2.69. The van der Waals surface area contributed by atoms with E-state index in [4.69, 9.17) is 0 Å². The lowest BCUT2D eigenvalue weighted by Gasteiger charge is -2.21. The zero-order chi connectivity index (χ0) is 10.3. The van der Waals surface area contributed by atoms with Gasteiger partial charge < -0.3 is 10.2 Å². The topological polar surface area (TPSA) is 27.6 Å². The van der Waals surface area contributed by atoms with Crippen molar-refractivity contribution < 1.29 is 0 Å². The largest absolute Gasteiger partial charge is 0.354 e. The van der Waals surface area contributed by atoms with Crippen molar-refractivity contribution in [2.24, 2.45) is 4.99 Å². The Kier molecular flexibility index (Phi) is 1.91. The number of guanidine groups is 1. The van der Waals surface area contributed by atoms with Crippen LogP contribution in [0.2, 0.25) is 0 Å². The lowest BCUT2D eigenvalue weighted by atomic mass is 10.0. The Morgan fingerprint density at radius 1 is 1.33 bits per heavy atom. The van der Waals surface area contributed by atoms with Crippen molar-refractivity contribution in [2.75, 3.05) is 19.6 Å². The van der Waals surface area contributed by atoms with E-state index in [1.54, 1.807) is 0 Å². The minimum absolute atomic E-state index is 0.454. The molecule has 1 atom stereocenters. The molecule has 1 saturated heterocycles. The van der Waals surface area contributed by atoms with E-state index in [2.05, 4.69) is 46.4 Å². The van der Waals surface area contributed by atoms with Crippen molar-refractivity contribution in [1.82, 2.24) is 10.2 Å². The highest BCUT2D eigenvalue weighted by Crippen LogP contribution is 2.27. The minimum Gasteiger partial charge on any atom is -0.354 e. The van der Waals surface area contributed by atoms with Crippen molar-refractivity contribution in [3.63, 3.8) is 0 Å². The van der Waals surface area contributed by atoms with Gasteiger partial charge in [-0.3, -0.25) is 4.99 Å².